The predicted octanol–water partition coefficient (Wildman–Crippen LogP) is 2.73. The standard InChI is InChI=1S/C19H29FN2O2/c1-13(2)19(16-4-6-17(20)7-5-16)21-18(24)12-22-10-8-15(9-11-22)14(3)23/h4-7,13-15,19,23H,8-12H2,1-3H3,(H,21,24). The molecule has 1 heterocycles. The van der Waals surface area contributed by atoms with Crippen LogP contribution in [0.4, 0.5) is 4.39 Å². The zero-order valence-corrected chi connectivity index (χ0v) is 14.8. The first-order chi connectivity index (χ1) is 11.4. The number of carbonyl (C=O) groups excluding carboxylic acids is 1. The van der Waals surface area contributed by atoms with Gasteiger partial charge in [-0.15, -0.1) is 0 Å². The Bertz CT molecular complexity index is 523. The largest absolute Gasteiger partial charge is 0.393 e. The van der Waals surface area contributed by atoms with Crippen molar-refractivity contribution in [2.45, 2.75) is 45.8 Å². The Balaban J connectivity index is 1.89. The highest BCUT2D eigenvalue weighted by atomic mass is 19.1. The van der Waals surface area contributed by atoms with Crippen molar-refractivity contribution in [3.8, 4) is 0 Å². The zero-order valence-electron chi connectivity index (χ0n) is 14.8. The van der Waals surface area contributed by atoms with Gasteiger partial charge in [-0.25, -0.2) is 4.39 Å². The molecule has 0 radical (unpaired) electrons. The third-order valence-corrected chi connectivity index (χ3v) is 4.89. The van der Waals surface area contributed by atoms with Gasteiger partial charge in [0.1, 0.15) is 5.82 Å². The van der Waals surface area contributed by atoms with Gasteiger partial charge in [0.2, 0.25) is 5.91 Å². The lowest BCUT2D eigenvalue weighted by atomic mass is 9.92. The van der Waals surface area contributed by atoms with Gasteiger partial charge in [0.25, 0.3) is 0 Å². The highest BCUT2D eigenvalue weighted by molar-refractivity contribution is 5.78. The third kappa shape index (κ3) is 5.28. The minimum atomic E-state index is -0.273. The number of carbonyl (C=O) groups is 1. The first-order valence-electron chi connectivity index (χ1n) is 8.82. The molecule has 134 valence electrons. The average molecular weight is 336 g/mol. The number of hydrogen-bond donors (Lipinski definition) is 2. The van der Waals surface area contributed by atoms with E-state index in [-0.39, 0.29) is 29.8 Å². The number of halogens is 1. The van der Waals surface area contributed by atoms with Crippen molar-refractivity contribution < 1.29 is 14.3 Å². The summed E-state index contributed by atoms with van der Waals surface area (Å²) in [4.78, 5) is 14.5. The Kier molecular flexibility index (Phi) is 6.75. The van der Waals surface area contributed by atoms with E-state index in [0.29, 0.717) is 12.5 Å². The van der Waals surface area contributed by atoms with E-state index in [1.165, 1.54) is 12.1 Å². The molecule has 5 heteroatoms. The summed E-state index contributed by atoms with van der Waals surface area (Å²) in [5, 5.41) is 12.7. The molecule has 1 amide bonds. The van der Waals surface area contributed by atoms with Gasteiger partial charge in [-0.3, -0.25) is 9.69 Å². The highest BCUT2D eigenvalue weighted by Crippen LogP contribution is 2.23. The summed E-state index contributed by atoms with van der Waals surface area (Å²) in [5.74, 6) is 0.286. The summed E-state index contributed by atoms with van der Waals surface area (Å²) in [5.41, 5.74) is 0.924. The molecule has 24 heavy (non-hydrogen) atoms. The van der Waals surface area contributed by atoms with E-state index in [2.05, 4.69) is 10.2 Å². The number of benzene rings is 1. The van der Waals surface area contributed by atoms with Gasteiger partial charge in [-0.1, -0.05) is 26.0 Å². The van der Waals surface area contributed by atoms with Crippen molar-refractivity contribution >= 4 is 5.91 Å². The number of piperidine rings is 1. The van der Waals surface area contributed by atoms with Gasteiger partial charge < -0.3 is 10.4 Å². The Morgan fingerprint density at radius 1 is 1.25 bits per heavy atom. The van der Waals surface area contributed by atoms with Gasteiger partial charge in [-0.2, -0.15) is 0 Å². The van der Waals surface area contributed by atoms with Crippen molar-refractivity contribution in [3.05, 3.63) is 35.6 Å². The van der Waals surface area contributed by atoms with Crippen molar-refractivity contribution in [2.24, 2.45) is 11.8 Å². The van der Waals surface area contributed by atoms with Crippen LogP contribution in [0.5, 0.6) is 0 Å². The summed E-state index contributed by atoms with van der Waals surface area (Å²) in [6, 6.07) is 6.20. The summed E-state index contributed by atoms with van der Waals surface area (Å²) in [7, 11) is 0. The van der Waals surface area contributed by atoms with Crippen LogP contribution >= 0.6 is 0 Å². The van der Waals surface area contributed by atoms with Crippen molar-refractivity contribution in [3.63, 3.8) is 0 Å². The highest BCUT2D eigenvalue weighted by Gasteiger charge is 2.25. The van der Waals surface area contributed by atoms with Crippen molar-refractivity contribution in [1.82, 2.24) is 10.2 Å². The molecule has 0 saturated carbocycles. The molecule has 0 spiro atoms. The molecule has 1 fully saturated rings. The number of hydrogen-bond acceptors (Lipinski definition) is 3. The van der Waals surface area contributed by atoms with Gasteiger partial charge in [0, 0.05) is 0 Å². The van der Waals surface area contributed by atoms with Gasteiger partial charge in [-0.05, 0) is 62.4 Å². The SMILES string of the molecule is CC(C)C(NC(=O)CN1CCC(C(C)O)CC1)c1ccc(F)cc1. The van der Waals surface area contributed by atoms with E-state index >= 15 is 0 Å². The van der Waals surface area contributed by atoms with E-state index in [4.69, 9.17) is 0 Å². The fourth-order valence-electron chi connectivity index (χ4n) is 3.32. The van der Waals surface area contributed by atoms with Crippen LogP contribution in [0.1, 0.15) is 45.2 Å². The second kappa shape index (κ2) is 8.58. The van der Waals surface area contributed by atoms with Crippen LogP contribution in [-0.2, 0) is 4.79 Å². The molecule has 1 saturated heterocycles. The van der Waals surface area contributed by atoms with E-state index in [1.54, 1.807) is 12.1 Å². The quantitative estimate of drug-likeness (QED) is 0.840. The molecule has 2 atom stereocenters. The maximum atomic E-state index is 13.1. The molecule has 2 N–H and O–H groups in total. The maximum absolute atomic E-state index is 13.1. The van der Waals surface area contributed by atoms with E-state index in [9.17, 15) is 14.3 Å². The van der Waals surface area contributed by atoms with Crippen molar-refractivity contribution in [2.75, 3.05) is 19.6 Å². The van der Waals surface area contributed by atoms with Crippen molar-refractivity contribution in [1.29, 1.82) is 0 Å². The number of amides is 1. The van der Waals surface area contributed by atoms with Gasteiger partial charge >= 0.3 is 0 Å². The number of likely N-dealkylation sites (tertiary alicyclic amines) is 1. The molecule has 1 aromatic carbocycles. The smallest absolute Gasteiger partial charge is 0.234 e. The van der Waals surface area contributed by atoms with E-state index in [0.717, 1.165) is 31.5 Å². The van der Waals surface area contributed by atoms with Crippen LogP contribution in [-0.4, -0.2) is 41.7 Å². The molecule has 1 aliphatic heterocycles. The first-order valence-corrected chi connectivity index (χ1v) is 8.82. The Morgan fingerprint density at radius 2 is 1.83 bits per heavy atom. The molecule has 2 unspecified atom stereocenters. The third-order valence-electron chi connectivity index (χ3n) is 4.89. The average Bonchev–Trinajstić information content (AvgIpc) is 2.54. The molecule has 0 bridgehead atoms. The van der Waals surface area contributed by atoms with Crippen LogP contribution < -0.4 is 5.32 Å². The first kappa shape index (κ1) is 18.9. The Labute approximate surface area is 144 Å². The number of rotatable bonds is 6. The molecule has 2 rings (SSSR count). The molecule has 0 aromatic heterocycles. The lowest BCUT2D eigenvalue weighted by Gasteiger charge is -2.33. The monoisotopic (exact) mass is 336 g/mol. The molecule has 0 aliphatic carbocycles. The molecule has 1 aliphatic rings. The summed E-state index contributed by atoms with van der Waals surface area (Å²) < 4.78 is 13.1. The zero-order chi connectivity index (χ0) is 17.7. The summed E-state index contributed by atoms with van der Waals surface area (Å²) in [6.45, 7) is 7.97. The minimum Gasteiger partial charge on any atom is -0.393 e. The van der Waals surface area contributed by atoms with E-state index in [1.807, 2.05) is 20.8 Å². The minimum absolute atomic E-state index is 0.00600. The fraction of sp³-hybridized carbons (Fsp3) is 0.632. The molecular weight excluding hydrogens is 307 g/mol. The lowest BCUT2D eigenvalue weighted by Crippen LogP contribution is -2.44. The molecular formula is C19H29FN2O2. The maximum Gasteiger partial charge on any atom is 0.234 e. The number of aliphatic hydroxyl groups is 1. The summed E-state index contributed by atoms with van der Waals surface area (Å²) in [6.07, 6.45) is 1.58. The normalized spacial score (nSPS) is 19.2. The van der Waals surface area contributed by atoms with Crippen LogP contribution in [0.3, 0.4) is 0 Å². The van der Waals surface area contributed by atoms with Crippen LogP contribution in [0.25, 0.3) is 0 Å². The second-order valence-electron chi connectivity index (χ2n) is 7.19. The number of aliphatic hydroxyl groups excluding tert-OH is 1. The molecule has 4 nitrogen and oxygen atoms in total. The van der Waals surface area contributed by atoms with Crippen LogP contribution in [0, 0.1) is 17.7 Å². The van der Waals surface area contributed by atoms with Gasteiger partial charge in [0.05, 0.1) is 18.7 Å². The topological polar surface area (TPSA) is 52.6 Å². The number of nitrogens with one attached hydrogen (secondary N) is 1. The second-order valence-corrected chi connectivity index (χ2v) is 7.19. The predicted molar refractivity (Wildman–Crippen MR) is 93.0 cm³/mol. The van der Waals surface area contributed by atoms with Crippen LogP contribution in [0.15, 0.2) is 24.3 Å². The van der Waals surface area contributed by atoms with E-state index < -0.39 is 0 Å². The lowest BCUT2D eigenvalue weighted by molar-refractivity contribution is -0.123. The van der Waals surface area contributed by atoms with Crippen LogP contribution in [0.2, 0.25) is 0 Å². The molecule has 1 aromatic rings. The Morgan fingerprint density at radius 3 is 2.33 bits per heavy atom. The fourth-order valence-corrected chi connectivity index (χ4v) is 3.32. The Hall–Kier alpha value is -1.46. The number of nitrogens with zero attached hydrogens (tertiary/aromatic N) is 1. The summed E-state index contributed by atoms with van der Waals surface area (Å²) >= 11 is 0. The van der Waals surface area contributed by atoms with Gasteiger partial charge in [0.15, 0.2) is 0 Å².